The molecule has 0 aliphatic heterocycles. The Balaban J connectivity index is 0.000000109. The summed E-state index contributed by atoms with van der Waals surface area (Å²) in [5.74, 6) is 0. The van der Waals surface area contributed by atoms with Crippen molar-refractivity contribution in [2.24, 2.45) is 0 Å². The quantitative estimate of drug-likeness (QED) is 0.103. The fraction of sp³-hybridized carbons (Fsp3) is 0.0483. The Morgan fingerprint density at radius 1 is 0.109 bits per heavy atom. The lowest BCUT2D eigenvalue weighted by molar-refractivity contribution is 1.18. The van der Waals surface area contributed by atoms with Crippen molar-refractivity contribution in [3.8, 4) is 145 Å². The van der Waals surface area contributed by atoms with E-state index in [1.807, 2.05) is 12.1 Å². The first-order valence-electron chi connectivity index (χ1n) is 50.7. The number of hydrogen-bond donors (Lipinski definition) is 0. The van der Waals surface area contributed by atoms with Crippen LogP contribution in [-0.4, -0.2) is 9.13 Å². The van der Waals surface area contributed by atoms with Crippen molar-refractivity contribution in [2.45, 2.75) is 48.5 Å². The standard InChI is InChI=1S/2C25H19N.5C19H16/c1-18-10-12-19(13-11-18)20-14-16-21(17-15-20)26-24-8-4-2-6-22(24)23-7-3-5-9-25(23)26;1-18-11-13-19(14-12-18)20-15-16-23-22-9-5-6-10-24(22)26(25(23)17-20)21-7-3-2-4-8-21;1-15-12-13-18(16-8-4-2-5-9-16)14-19(15)17-10-6-3-7-11-17;1-15-12-13-18(16-8-4-2-5-9-16)19(14-15)17-10-6-3-7-11-17;1-15-11-13-17(14-12-15)19-10-6-5-9-18(19)16-7-3-2-4-8-16;1-15-10-12-17(13-11-15)19-9-5-8-18(14-19)16-6-3-2-4-7-16;1-15-7-9-17(10-8-15)19-13-11-18(12-14-19)16-5-3-2-4-6-16/h2*2-17H,1H3;5*2-14H,1H3. The van der Waals surface area contributed by atoms with Crippen molar-refractivity contribution in [1.29, 1.82) is 0 Å². The Kier molecular flexibility index (Phi) is 31.5. The highest BCUT2D eigenvalue weighted by Gasteiger charge is 2.17. The molecule has 2 heteroatoms. The van der Waals surface area contributed by atoms with Crippen LogP contribution in [0.15, 0.2) is 588 Å². The lowest BCUT2D eigenvalue weighted by Crippen LogP contribution is -1.93. The van der Waals surface area contributed by atoms with Crippen molar-refractivity contribution >= 4 is 43.6 Å². The monoisotopic (exact) mass is 1890 g/mol. The van der Waals surface area contributed by atoms with Gasteiger partial charge in [0.15, 0.2) is 0 Å². The van der Waals surface area contributed by atoms with E-state index in [9.17, 15) is 0 Å². The number of hydrogen-bond acceptors (Lipinski definition) is 0. The zero-order valence-electron chi connectivity index (χ0n) is 84.4. The third-order valence-electron chi connectivity index (χ3n) is 27.0. The van der Waals surface area contributed by atoms with Gasteiger partial charge < -0.3 is 9.13 Å². The lowest BCUT2D eigenvalue weighted by atomic mass is 9.93. The van der Waals surface area contributed by atoms with Crippen LogP contribution in [0.4, 0.5) is 0 Å². The van der Waals surface area contributed by atoms with Crippen LogP contribution in [0, 0.1) is 48.5 Å². The second-order valence-corrected chi connectivity index (χ2v) is 37.5. The highest BCUT2D eigenvalue weighted by Crippen LogP contribution is 2.41. The summed E-state index contributed by atoms with van der Waals surface area (Å²) in [6.07, 6.45) is 0. The van der Waals surface area contributed by atoms with Gasteiger partial charge in [0.2, 0.25) is 0 Å². The third-order valence-corrected chi connectivity index (χ3v) is 27.0. The molecule has 2 heterocycles. The minimum atomic E-state index is 1.19. The molecule has 0 atom stereocenters. The summed E-state index contributed by atoms with van der Waals surface area (Å²) in [5.41, 5.74) is 46.9. The van der Waals surface area contributed by atoms with Crippen molar-refractivity contribution < 1.29 is 0 Å². The number of para-hydroxylation sites is 4. The molecule has 0 spiro atoms. The Labute approximate surface area is 867 Å². The normalized spacial score (nSPS) is 10.7. The van der Waals surface area contributed by atoms with E-state index >= 15 is 0 Å². The number of rotatable bonds is 14. The summed E-state index contributed by atoms with van der Waals surface area (Å²) >= 11 is 0. The maximum absolute atomic E-state index is 2.36. The molecule has 0 aliphatic carbocycles. The average Bonchev–Trinajstić information content (AvgIpc) is 1.58. The third kappa shape index (κ3) is 24.2. The van der Waals surface area contributed by atoms with Crippen LogP contribution >= 0.6 is 0 Å². The maximum Gasteiger partial charge on any atom is 0.0547 e. The first-order valence-corrected chi connectivity index (χ1v) is 50.7. The number of fused-ring (bicyclic) bond motifs is 6. The topological polar surface area (TPSA) is 9.86 Å². The summed E-state index contributed by atoms with van der Waals surface area (Å²) in [5, 5.41) is 5.18. The van der Waals surface area contributed by atoms with Crippen LogP contribution in [0.2, 0.25) is 0 Å². The Bertz CT molecular complexity index is 8510. The number of benzene rings is 23. The highest BCUT2D eigenvalue weighted by atomic mass is 15.0. The van der Waals surface area contributed by atoms with Gasteiger partial charge in [-0.2, -0.15) is 0 Å². The van der Waals surface area contributed by atoms with E-state index in [1.165, 1.54) is 227 Å². The van der Waals surface area contributed by atoms with E-state index in [0.717, 1.165) is 0 Å². The number of aryl methyl sites for hydroxylation is 7. The number of aromatic nitrogens is 2. The van der Waals surface area contributed by atoms with Gasteiger partial charge in [0, 0.05) is 32.9 Å². The van der Waals surface area contributed by atoms with E-state index in [1.54, 1.807) is 0 Å². The summed E-state index contributed by atoms with van der Waals surface area (Å²) < 4.78 is 4.71. The molecular weight excluding hydrogens is 1770 g/mol. The van der Waals surface area contributed by atoms with Crippen LogP contribution in [0.25, 0.3) is 189 Å². The van der Waals surface area contributed by atoms with Crippen molar-refractivity contribution in [1.82, 2.24) is 9.13 Å². The van der Waals surface area contributed by atoms with Crippen molar-refractivity contribution in [3.63, 3.8) is 0 Å². The molecule has 23 aromatic carbocycles. The second-order valence-electron chi connectivity index (χ2n) is 37.5. The smallest absolute Gasteiger partial charge is 0.0547 e. The molecule has 25 aromatic rings. The second kappa shape index (κ2) is 47.5. The van der Waals surface area contributed by atoms with Gasteiger partial charge in [-0.1, -0.05) is 561 Å². The first kappa shape index (κ1) is 97.5. The van der Waals surface area contributed by atoms with Gasteiger partial charge in [-0.15, -0.1) is 0 Å². The molecule has 2 aromatic heterocycles. The van der Waals surface area contributed by atoms with Gasteiger partial charge in [-0.3, -0.25) is 0 Å². The predicted octanol–water partition coefficient (Wildman–Crippen LogP) is 40.2. The minimum Gasteiger partial charge on any atom is -0.309 e. The van der Waals surface area contributed by atoms with Crippen LogP contribution in [-0.2, 0) is 0 Å². The fourth-order valence-corrected chi connectivity index (χ4v) is 19.1. The van der Waals surface area contributed by atoms with Gasteiger partial charge in [-0.05, 0) is 248 Å². The summed E-state index contributed by atoms with van der Waals surface area (Å²) in [7, 11) is 0. The van der Waals surface area contributed by atoms with Gasteiger partial charge in [0.25, 0.3) is 0 Å². The Morgan fingerprint density at radius 2 is 0.327 bits per heavy atom. The molecule has 0 saturated heterocycles. The highest BCUT2D eigenvalue weighted by molar-refractivity contribution is 6.11. The van der Waals surface area contributed by atoms with Gasteiger partial charge >= 0.3 is 0 Å². The fourth-order valence-electron chi connectivity index (χ4n) is 19.1. The molecule has 0 fully saturated rings. The zero-order chi connectivity index (χ0) is 100. The molecule has 0 saturated carbocycles. The summed E-state index contributed by atoms with van der Waals surface area (Å²) in [6, 6.07) is 209. The Hall–Kier alpha value is -18.3. The van der Waals surface area contributed by atoms with Crippen LogP contribution < -0.4 is 0 Å². The maximum atomic E-state index is 2.36. The van der Waals surface area contributed by atoms with Crippen LogP contribution in [0.5, 0.6) is 0 Å². The van der Waals surface area contributed by atoms with Crippen molar-refractivity contribution in [2.75, 3.05) is 0 Å². The summed E-state index contributed by atoms with van der Waals surface area (Å²) in [6.45, 7) is 14.9. The lowest BCUT2D eigenvalue weighted by Gasteiger charge is -2.11. The largest absolute Gasteiger partial charge is 0.309 e. The van der Waals surface area contributed by atoms with E-state index in [-0.39, 0.29) is 0 Å². The van der Waals surface area contributed by atoms with E-state index in [4.69, 9.17) is 0 Å². The van der Waals surface area contributed by atoms with Gasteiger partial charge in [0.05, 0.1) is 22.1 Å². The van der Waals surface area contributed by atoms with Gasteiger partial charge in [-0.25, -0.2) is 0 Å². The van der Waals surface area contributed by atoms with E-state index in [2.05, 4.69) is 634 Å². The average molecular weight is 1890 g/mol. The Morgan fingerprint density at radius 3 is 0.707 bits per heavy atom. The molecule has 0 bridgehead atoms. The van der Waals surface area contributed by atoms with E-state index < -0.39 is 0 Å². The van der Waals surface area contributed by atoms with Gasteiger partial charge in [0.1, 0.15) is 0 Å². The molecular formula is C145H118N2. The molecule has 2 nitrogen and oxygen atoms in total. The van der Waals surface area contributed by atoms with E-state index in [0.29, 0.717) is 0 Å². The van der Waals surface area contributed by atoms with Crippen LogP contribution in [0.3, 0.4) is 0 Å². The molecule has 0 N–H and O–H groups in total. The summed E-state index contributed by atoms with van der Waals surface area (Å²) in [4.78, 5) is 0. The molecule has 0 aliphatic rings. The molecule has 25 rings (SSSR count). The minimum absolute atomic E-state index is 1.19. The van der Waals surface area contributed by atoms with Crippen molar-refractivity contribution in [3.05, 3.63) is 627 Å². The SMILES string of the molecule is Cc1ccc(-c2ccc(-c3ccccc3)cc2)cc1.Cc1ccc(-c2ccc(-n3c4ccccc4c4ccccc43)cc2)cc1.Cc1ccc(-c2ccc3c4ccccc4n(-c4ccccc4)c3c2)cc1.Cc1ccc(-c2cccc(-c3ccccc3)c2)cc1.Cc1ccc(-c2ccccc2)c(-c2ccccc2)c1.Cc1ccc(-c2ccccc2)cc1-c1ccccc1.Cc1ccc(-c2ccccc2-c2ccccc2)cc1. The molecule has 0 radical (unpaired) electrons. The van der Waals surface area contributed by atoms with Crippen LogP contribution in [0.1, 0.15) is 38.9 Å². The first-order chi connectivity index (χ1) is 72.3. The zero-order valence-corrected chi connectivity index (χ0v) is 84.4. The molecule has 708 valence electrons. The molecule has 0 amide bonds. The predicted molar refractivity (Wildman–Crippen MR) is 632 cm³/mol. The molecule has 0 unspecified atom stereocenters. The molecule has 147 heavy (non-hydrogen) atoms. The number of nitrogens with zero attached hydrogens (tertiary/aromatic N) is 2.